The van der Waals surface area contributed by atoms with Gasteiger partial charge in [-0.05, 0) is 24.5 Å². The van der Waals surface area contributed by atoms with Crippen LogP contribution in [0.4, 0.5) is 0 Å². The summed E-state index contributed by atoms with van der Waals surface area (Å²) in [5.74, 6) is -0.799. The molecule has 0 spiro atoms. The van der Waals surface area contributed by atoms with Gasteiger partial charge in [0.2, 0.25) is 0 Å². The van der Waals surface area contributed by atoms with Crippen molar-refractivity contribution in [3.05, 3.63) is 71.3 Å². The largest absolute Gasteiger partial charge is 0.481 e. The highest BCUT2D eigenvalue weighted by molar-refractivity contribution is 6.09. The lowest BCUT2D eigenvalue weighted by Crippen LogP contribution is -2.02. The van der Waals surface area contributed by atoms with Crippen LogP contribution >= 0.6 is 0 Å². The van der Waals surface area contributed by atoms with Gasteiger partial charge in [0.1, 0.15) is 0 Å². The van der Waals surface area contributed by atoms with Crippen LogP contribution in [-0.2, 0) is 11.2 Å². The molecule has 0 saturated carbocycles. The maximum Gasteiger partial charge on any atom is 0.303 e. The number of carboxylic acids is 1. The molecule has 0 heterocycles. The molecule has 3 nitrogen and oxygen atoms in total. The summed E-state index contributed by atoms with van der Waals surface area (Å²) in [4.78, 5) is 22.8. The maximum absolute atomic E-state index is 12.3. The first kappa shape index (κ1) is 14.0. The van der Waals surface area contributed by atoms with Crippen molar-refractivity contribution >= 4 is 11.8 Å². The second-order valence-corrected chi connectivity index (χ2v) is 4.64. The summed E-state index contributed by atoms with van der Waals surface area (Å²) in [5.41, 5.74) is 2.30. The molecule has 20 heavy (non-hydrogen) atoms. The van der Waals surface area contributed by atoms with Gasteiger partial charge in [0.05, 0.1) is 0 Å². The van der Waals surface area contributed by atoms with Crippen LogP contribution in [0.15, 0.2) is 54.6 Å². The van der Waals surface area contributed by atoms with E-state index in [1.165, 1.54) is 0 Å². The van der Waals surface area contributed by atoms with E-state index in [9.17, 15) is 9.59 Å². The molecule has 2 aromatic rings. The molecule has 0 fully saturated rings. The zero-order chi connectivity index (χ0) is 14.4. The molecule has 2 aromatic carbocycles. The van der Waals surface area contributed by atoms with Crippen LogP contribution in [-0.4, -0.2) is 16.9 Å². The predicted octanol–water partition coefficient (Wildman–Crippen LogP) is 3.32. The molecule has 0 aliphatic rings. The smallest absolute Gasteiger partial charge is 0.303 e. The van der Waals surface area contributed by atoms with Gasteiger partial charge in [0, 0.05) is 17.5 Å². The van der Waals surface area contributed by atoms with E-state index in [1.54, 1.807) is 18.2 Å². The molecule has 0 radical (unpaired) electrons. The first-order chi connectivity index (χ1) is 9.66. The van der Waals surface area contributed by atoms with Gasteiger partial charge >= 0.3 is 5.97 Å². The third kappa shape index (κ3) is 3.79. The van der Waals surface area contributed by atoms with Crippen molar-refractivity contribution in [2.45, 2.75) is 19.3 Å². The van der Waals surface area contributed by atoms with Crippen molar-refractivity contribution in [2.75, 3.05) is 0 Å². The molecular formula is C17H16O3. The van der Waals surface area contributed by atoms with E-state index in [1.807, 2.05) is 36.4 Å². The van der Waals surface area contributed by atoms with Crippen molar-refractivity contribution in [2.24, 2.45) is 0 Å². The monoisotopic (exact) mass is 268 g/mol. The van der Waals surface area contributed by atoms with E-state index in [-0.39, 0.29) is 12.2 Å². The Balaban J connectivity index is 2.09. The third-order valence-electron chi connectivity index (χ3n) is 3.08. The molecule has 0 atom stereocenters. The average Bonchev–Trinajstić information content (AvgIpc) is 2.47. The molecule has 0 unspecified atom stereocenters. The topological polar surface area (TPSA) is 54.4 Å². The van der Waals surface area contributed by atoms with Gasteiger partial charge in [-0.25, -0.2) is 0 Å². The highest BCUT2D eigenvalue weighted by Crippen LogP contribution is 2.13. The number of aliphatic carboxylic acids is 1. The molecule has 0 amide bonds. The summed E-state index contributed by atoms with van der Waals surface area (Å²) < 4.78 is 0. The fraction of sp³-hybridized carbons (Fsp3) is 0.176. The minimum absolute atomic E-state index is 0.00863. The molecule has 0 bridgehead atoms. The normalized spacial score (nSPS) is 10.2. The lowest BCUT2D eigenvalue weighted by atomic mass is 9.99. The second kappa shape index (κ2) is 6.66. The first-order valence-electron chi connectivity index (χ1n) is 6.57. The lowest BCUT2D eigenvalue weighted by molar-refractivity contribution is -0.137. The summed E-state index contributed by atoms with van der Waals surface area (Å²) in [6.45, 7) is 0. The number of hydrogen-bond donors (Lipinski definition) is 1. The van der Waals surface area contributed by atoms with Gasteiger partial charge in [0.15, 0.2) is 5.78 Å². The molecule has 0 aliphatic carbocycles. The fourth-order valence-electron chi connectivity index (χ4n) is 2.07. The Morgan fingerprint density at radius 1 is 0.900 bits per heavy atom. The number of carbonyl (C=O) groups is 2. The van der Waals surface area contributed by atoms with Gasteiger partial charge in [-0.15, -0.1) is 0 Å². The fourth-order valence-corrected chi connectivity index (χ4v) is 2.07. The Bertz CT molecular complexity index is 603. The second-order valence-electron chi connectivity index (χ2n) is 4.64. The van der Waals surface area contributed by atoms with Gasteiger partial charge in [-0.1, -0.05) is 48.5 Å². The highest BCUT2D eigenvalue weighted by atomic mass is 16.4. The minimum Gasteiger partial charge on any atom is -0.481 e. The van der Waals surface area contributed by atoms with E-state index in [2.05, 4.69) is 0 Å². The number of carbonyl (C=O) groups excluding carboxylic acids is 1. The number of aryl methyl sites for hydroxylation is 1. The van der Waals surface area contributed by atoms with Crippen LogP contribution < -0.4 is 0 Å². The highest BCUT2D eigenvalue weighted by Gasteiger charge is 2.09. The Hall–Kier alpha value is -2.42. The van der Waals surface area contributed by atoms with Crippen molar-refractivity contribution in [1.29, 1.82) is 0 Å². The minimum atomic E-state index is -0.790. The van der Waals surface area contributed by atoms with Crippen molar-refractivity contribution < 1.29 is 14.7 Å². The standard InChI is InChI=1S/C17H16O3/c18-16(19)11-5-7-13-6-4-10-15(12-13)17(20)14-8-2-1-3-9-14/h1-4,6,8-10,12H,5,7,11H2,(H,18,19). The maximum atomic E-state index is 12.3. The number of hydrogen-bond acceptors (Lipinski definition) is 2. The molecular weight excluding hydrogens is 252 g/mol. The molecule has 0 aliphatic heterocycles. The predicted molar refractivity (Wildman–Crippen MR) is 76.9 cm³/mol. The van der Waals surface area contributed by atoms with Gasteiger partial charge < -0.3 is 5.11 Å². The van der Waals surface area contributed by atoms with Gasteiger partial charge in [-0.3, -0.25) is 9.59 Å². The first-order valence-corrected chi connectivity index (χ1v) is 6.57. The van der Waals surface area contributed by atoms with Crippen LogP contribution in [0.5, 0.6) is 0 Å². The summed E-state index contributed by atoms with van der Waals surface area (Å²) in [6, 6.07) is 16.5. The molecule has 1 N–H and O–H groups in total. The Morgan fingerprint density at radius 3 is 2.30 bits per heavy atom. The summed E-state index contributed by atoms with van der Waals surface area (Å²) in [6.07, 6.45) is 1.40. The van der Waals surface area contributed by atoms with Crippen LogP contribution in [0.25, 0.3) is 0 Å². The summed E-state index contributed by atoms with van der Waals surface area (Å²) >= 11 is 0. The Morgan fingerprint density at radius 2 is 1.60 bits per heavy atom. The zero-order valence-electron chi connectivity index (χ0n) is 11.1. The SMILES string of the molecule is O=C(O)CCCc1cccc(C(=O)c2ccccc2)c1. The third-order valence-corrected chi connectivity index (χ3v) is 3.08. The molecule has 3 heteroatoms. The van der Waals surface area contributed by atoms with Crippen molar-refractivity contribution in [3.63, 3.8) is 0 Å². The molecule has 102 valence electrons. The van der Waals surface area contributed by atoms with Crippen LogP contribution in [0.1, 0.15) is 34.3 Å². The van der Waals surface area contributed by atoms with E-state index in [0.717, 1.165) is 5.56 Å². The van der Waals surface area contributed by atoms with Gasteiger partial charge in [-0.2, -0.15) is 0 Å². The van der Waals surface area contributed by atoms with Crippen LogP contribution in [0, 0.1) is 0 Å². The van der Waals surface area contributed by atoms with Crippen molar-refractivity contribution in [1.82, 2.24) is 0 Å². The van der Waals surface area contributed by atoms with E-state index in [4.69, 9.17) is 5.11 Å². The van der Waals surface area contributed by atoms with Crippen molar-refractivity contribution in [3.8, 4) is 0 Å². The van der Waals surface area contributed by atoms with Crippen LogP contribution in [0.2, 0.25) is 0 Å². The van der Waals surface area contributed by atoms with Gasteiger partial charge in [0.25, 0.3) is 0 Å². The number of rotatable bonds is 6. The number of carboxylic acid groups (broad SMARTS) is 1. The Labute approximate surface area is 117 Å². The molecule has 2 rings (SSSR count). The van der Waals surface area contributed by atoms with E-state index in [0.29, 0.717) is 24.0 Å². The van der Waals surface area contributed by atoms with Crippen LogP contribution in [0.3, 0.4) is 0 Å². The zero-order valence-corrected chi connectivity index (χ0v) is 11.1. The quantitative estimate of drug-likeness (QED) is 0.818. The number of ketones is 1. The summed E-state index contributed by atoms with van der Waals surface area (Å²) in [5, 5.41) is 8.63. The average molecular weight is 268 g/mol. The van der Waals surface area contributed by atoms with E-state index < -0.39 is 5.97 Å². The molecule has 0 saturated heterocycles. The lowest BCUT2D eigenvalue weighted by Gasteiger charge is -2.04. The Kier molecular flexibility index (Phi) is 4.66. The summed E-state index contributed by atoms with van der Waals surface area (Å²) in [7, 11) is 0. The van der Waals surface area contributed by atoms with E-state index >= 15 is 0 Å². The number of benzene rings is 2. The molecule has 0 aromatic heterocycles.